The van der Waals surface area contributed by atoms with E-state index in [0.717, 1.165) is 24.3 Å². The van der Waals surface area contributed by atoms with Crippen LogP contribution in [0.15, 0.2) is 0 Å². The number of carboxylic acids is 2. The number of rotatable bonds is 13. The molecule has 0 spiro atoms. The van der Waals surface area contributed by atoms with E-state index in [1.54, 1.807) is 21.6 Å². The van der Waals surface area contributed by atoms with Crippen molar-refractivity contribution in [3.8, 4) is 0 Å². The van der Waals surface area contributed by atoms with Crippen LogP contribution in [0.1, 0.15) is 38.5 Å². The molecular formula is C12H24N2O4S2. The van der Waals surface area contributed by atoms with Crippen molar-refractivity contribution in [3.05, 3.63) is 0 Å². The molecule has 0 radical (unpaired) electrons. The Labute approximate surface area is 127 Å². The Morgan fingerprint density at radius 2 is 1.15 bits per heavy atom. The second-order valence-electron chi connectivity index (χ2n) is 4.61. The maximum absolute atomic E-state index is 10.4. The Balaban J connectivity index is 3.35. The molecule has 0 aliphatic heterocycles. The molecule has 0 saturated heterocycles. The molecule has 8 heteroatoms. The topological polar surface area (TPSA) is 127 Å². The first-order valence-corrected chi connectivity index (χ1v) is 9.09. The minimum atomic E-state index is -0.808. The summed E-state index contributed by atoms with van der Waals surface area (Å²) in [6.45, 7) is 0. The molecule has 0 aliphatic carbocycles. The third kappa shape index (κ3) is 14.0. The summed E-state index contributed by atoms with van der Waals surface area (Å²) in [6, 6.07) is -0.117. The van der Waals surface area contributed by atoms with Gasteiger partial charge in [0.2, 0.25) is 0 Å². The summed E-state index contributed by atoms with van der Waals surface area (Å²) in [5.41, 5.74) is 11.6. The number of aliphatic carboxylic acids is 2. The van der Waals surface area contributed by atoms with Crippen LogP contribution in [0, 0.1) is 0 Å². The Kier molecular flexibility index (Phi) is 12.0. The summed E-state index contributed by atoms with van der Waals surface area (Å²) in [7, 11) is 3.40. The van der Waals surface area contributed by atoms with E-state index in [1.807, 2.05) is 0 Å². The van der Waals surface area contributed by atoms with Crippen molar-refractivity contribution in [1.29, 1.82) is 0 Å². The van der Waals surface area contributed by atoms with Gasteiger partial charge in [0.05, 0.1) is 0 Å². The SMILES string of the molecule is N[C@H](CCSSCC[C@@H](N)CCC(=O)O)CCC(=O)O. The lowest BCUT2D eigenvalue weighted by Gasteiger charge is -2.11. The van der Waals surface area contributed by atoms with Crippen LogP contribution < -0.4 is 11.5 Å². The molecule has 0 fully saturated rings. The third-order valence-corrected chi connectivity index (χ3v) is 5.16. The van der Waals surface area contributed by atoms with Gasteiger partial charge in [0.1, 0.15) is 0 Å². The van der Waals surface area contributed by atoms with Crippen molar-refractivity contribution < 1.29 is 19.8 Å². The molecule has 0 saturated carbocycles. The standard InChI is InChI=1S/C12H24N2O4S2/c13-9(1-3-11(15)16)5-7-19-20-8-6-10(14)2-4-12(17)18/h9-10H,1-8,13-14H2,(H,15,16)(H,17,18)/t9-,10-/m0/s1. The third-order valence-electron chi connectivity index (χ3n) is 2.69. The van der Waals surface area contributed by atoms with E-state index in [-0.39, 0.29) is 24.9 Å². The van der Waals surface area contributed by atoms with Crippen molar-refractivity contribution in [1.82, 2.24) is 0 Å². The second-order valence-corrected chi connectivity index (χ2v) is 7.31. The van der Waals surface area contributed by atoms with Crippen molar-refractivity contribution in [2.45, 2.75) is 50.6 Å². The summed E-state index contributed by atoms with van der Waals surface area (Å²) in [6.07, 6.45) is 2.88. The van der Waals surface area contributed by atoms with Crippen LogP contribution in [-0.4, -0.2) is 45.7 Å². The van der Waals surface area contributed by atoms with Gasteiger partial charge in [-0.3, -0.25) is 9.59 Å². The lowest BCUT2D eigenvalue weighted by molar-refractivity contribution is -0.138. The average molecular weight is 324 g/mol. The first-order valence-electron chi connectivity index (χ1n) is 6.61. The fourth-order valence-corrected chi connectivity index (χ4v) is 3.74. The van der Waals surface area contributed by atoms with Crippen LogP contribution in [0.4, 0.5) is 0 Å². The van der Waals surface area contributed by atoms with E-state index in [4.69, 9.17) is 21.7 Å². The van der Waals surface area contributed by atoms with Crippen LogP contribution in [0.25, 0.3) is 0 Å². The molecule has 2 atom stereocenters. The zero-order valence-corrected chi connectivity index (χ0v) is 13.1. The van der Waals surface area contributed by atoms with Crippen LogP contribution >= 0.6 is 21.6 Å². The molecule has 0 rings (SSSR count). The van der Waals surface area contributed by atoms with Gasteiger partial charge in [-0.15, -0.1) is 0 Å². The molecule has 6 nitrogen and oxygen atoms in total. The van der Waals surface area contributed by atoms with Crippen LogP contribution in [0.3, 0.4) is 0 Å². The fraction of sp³-hybridized carbons (Fsp3) is 0.833. The largest absolute Gasteiger partial charge is 0.481 e. The quantitative estimate of drug-likeness (QED) is 0.297. The molecule has 118 valence electrons. The molecule has 0 heterocycles. The number of carbonyl (C=O) groups is 2. The summed E-state index contributed by atoms with van der Waals surface area (Å²) in [5.74, 6) is 0.154. The van der Waals surface area contributed by atoms with Crippen molar-refractivity contribution in [2.24, 2.45) is 11.5 Å². The highest BCUT2D eigenvalue weighted by Gasteiger charge is 2.07. The van der Waals surface area contributed by atoms with E-state index in [9.17, 15) is 9.59 Å². The van der Waals surface area contributed by atoms with Crippen molar-refractivity contribution in [2.75, 3.05) is 11.5 Å². The smallest absolute Gasteiger partial charge is 0.303 e. The first kappa shape index (κ1) is 19.6. The van der Waals surface area contributed by atoms with Gasteiger partial charge < -0.3 is 21.7 Å². The minimum Gasteiger partial charge on any atom is -0.481 e. The predicted molar refractivity (Wildman–Crippen MR) is 83.8 cm³/mol. The molecule has 0 aromatic heterocycles. The van der Waals surface area contributed by atoms with Gasteiger partial charge in [-0.25, -0.2) is 0 Å². The van der Waals surface area contributed by atoms with Gasteiger partial charge in [-0.1, -0.05) is 21.6 Å². The Morgan fingerprint density at radius 3 is 1.45 bits per heavy atom. The van der Waals surface area contributed by atoms with E-state index in [1.165, 1.54) is 0 Å². The second kappa shape index (κ2) is 12.3. The normalized spacial score (nSPS) is 13.9. The van der Waals surface area contributed by atoms with Gasteiger partial charge >= 0.3 is 11.9 Å². The Bertz CT molecular complexity index is 265. The van der Waals surface area contributed by atoms with Gasteiger partial charge in [0, 0.05) is 36.4 Å². The van der Waals surface area contributed by atoms with Crippen LogP contribution in [0.2, 0.25) is 0 Å². The summed E-state index contributed by atoms with van der Waals surface area (Å²) < 4.78 is 0. The zero-order valence-electron chi connectivity index (χ0n) is 11.5. The summed E-state index contributed by atoms with van der Waals surface area (Å²) in [5, 5.41) is 17.0. The molecular weight excluding hydrogens is 300 g/mol. The average Bonchev–Trinajstić information content (AvgIpc) is 2.37. The molecule has 0 bridgehead atoms. The number of carboxylic acid groups (broad SMARTS) is 2. The lowest BCUT2D eigenvalue weighted by atomic mass is 10.1. The Hall–Kier alpha value is -0.440. The van der Waals surface area contributed by atoms with Crippen LogP contribution in [0.5, 0.6) is 0 Å². The number of hydrogen-bond acceptors (Lipinski definition) is 6. The maximum atomic E-state index is 10.4. The minimum absolute atomic E-state index is 0.0583. The van der Waals surface area contributed by atoms with E-state index < -0.39 is 11.9 Å². The monoisotopic (exact) mass is 324 g/mol. The van der Waals surface area contributed by atoms with Crippen molar-refractivity contribution in [3.63, 3.8) is 0 Å². The fourth-order valence-electron chi connectivity index (χ4n) is 1.42. The molecule has 0 aromatic rings. The highest BCUT2D eigenvalue weighted by molar-refractivity contribution is 8.76. The van der Waals surface area contributed by atoms with E-state index in [2.05, 4.69) is 0 Å². The van der Waals surface area contributed by atoms with Crippen LogP contribution in [-0.2, 0) is 9.59 Å². The molecule has 0 amide bonds. The van der Waals surface area contributed by atoms with E-state index >= 15 is 0 Å². The first-order chi connectivity index (χ1) is 9.41. The Morgan fingerprint density at radius 1 is 0.800 bits per heavy atom. The molecule has 0 aliphatic rings. The zero-order chi connectivity index (χ0) is 15.4. The summed E-state index contributed by atoms with van der Waals surface area (Å²) >= 11 is 0. The molecule has 0 unspecified atom stereocenters. The molecule has 6 N–H and O–H groups in total. The lowest BCUT2D eigenvalue weighted by Crippen LogP contribution is -2.22. The van der Waals surface area contributed by atoms with Gasteiger partial charge in [0.15, 0.2) is 0 Å². The summed E-state index contributed by atoms with van der Waals surface area (Å²) in [4.78, 5) is 20.7. The predicted octanol–water partition coefficient (Wildman–Crippen LogP) is 1.53. The maximum Gasteiger partial charge on any atom is 0.303 e. The van der Waals surface area contributed by atoms with Gasteiger partial charge in [-0.2, -0.15) is 0 Å². The van der Waals surface area contributed by atoms with Gasteiger partial charge in [0.25, 0.3) is 0 Å². The highest BCUT2D eigenvalue weighted by Crippen LogP contribution is 2.24. The van der Waals surface area contributed by atoms with E-state index in [0.29, 0.717) is 12.8 Å². The van der Waals surface area contributed by atoms with Gasteiger partial charge in [-0.05, 0) is 25.7 Å². The number of hydrogen-bond donors (Lipinski definition) is 4. The molecule has 20 heavy (non-hydrogen) atoms. The number of nitrogens with two attached hydrogens (primary N) is 2. The highest BCUT2D eigenvalue weighted by atomic mass is 33.1. The van der Waals surface area contributed by atoms with Crippen molar-refractivity contribution >= 4 is 33.5 Å². The molecule has 0 aromatic carbocycles.